The zero-order valence-corrected chi connectivity index (χ0v) is 13.9. The van der Waals surface area contributed by atoms with E-state index in [1.54, 1.807) is 0 Å². The average Bonchev–Trinajstić information content (AvgIpc) is 2.60. The Labute approximate surface area is 142 Å². The summed E-state index contributed by atoms with van der Waals surface area (Å²) < 4.78 is 5.29. The molecule has 0 aliphatic carbocycles. The van der Waals surface area contributed by atoms with Crippen LogP contribution in [0.25, 0.3) is 0 Å². The molecule has 0 saturated carbocycles. The Hall–Kier alpha value is -1.92. The second-order valence-corrected chi connectivity index (χ2v) is 6.09. The number of ether oxygens (including phenoxy) is 1. The van der Waals surface area contributed by atoms with Crippen LogP contribution in [-0.4, -0.2) is 61.3 Å². The molecule has 0 bridgehead atoms. The van der Waals surface area contributed by atoms with E-state index in [0.29, 0.717) is 13.0 Å². The smallest absolute Gasteiger partial charge is 0.307 e. The number of hydrogen-bond donors (Lipinski definition) is 2. The Bertz CT molecular complexity index is 515. The number of carbonyl (C=O) groups excluding carboxylic acids is 1. The monoisotopic (exact) mass is 334 g/mol. The van der Waals surface area contributed by atoms with E-state index in [-0.39, 0.29) is 12.3 Å². The molecule has 1 aromatic rings. The molecule has 2 N–H and O–H groups in total. The molecule has 1 fully saturated rings. The lowest BCUT2D eigenvalue weighted by Crippen LogP contribution is -2.38. The SMILES string of the molecule is O=C(C[C@@H](Cc1ccccc1)C(=O)O)NCCCN1CCOCC1. The number of benzene rings is 1. The highest BCUT2D eigenvalue weighted by atomic mass is 16.5. The Morgan fingerprint density at radius 2 is 1.92 bits per heavy atom. The summed E-state index contributed by atoms with van der Waals surface area (Å²) in [5, 5.41) is 12.2. The molecule has 0 radical (unpaired) electrons. The normalized spacial score (nSPS) is 16.5. The summed E-state index contributed by atoms with van der Waals surface area (Å²) in [5.74, 6) is -1.81. The minimum atomic E-state index is -0.928. The van der Waals surface area contributed by atoms with Gasteiger partial charge in [-0.2, -0.15) is 0 Å². The third-order valence-corrected chi connectivity index (χ3v) is 4.18. The summed E-state index contributed by atoms with van der Waals surface area (Å²) in [6.45, 7) is 4.92. The fourth-order valence-corrected chi connectivity index (χ4v) is 2.80. The first-order chi connectivity index (χ1) is 11.6. The lowest BCUT2D eigenvalue weighted by Gasteiger charge is -2.26. The maximum atomic E-state index is 12.0. The number of nitrogens with one attached hydrogen (secondary N) is 1. The van der Waals surface area contributed by atoms with Crippen LogP contribution in [0.1, 0.15) is 18.4 Å². The van der Waals surface area contributed by atoms with Gasteiger partial charge in [-0.3, -0.25) is 14.5 Å². The van der Waals surface area contributed by atoms with Crippen LogP contribution < -0.4 is 5.32 Å². The van der Waals surface area contributed by atoms with Crippen molar-refractivity contribution in [1.82, 2.24) is 10.2 Å². The molecule has 1 aromatic carbocycles. The highest BCUT2D eigenvalue weighted by Gasteiger charge is 2.21. The van der Waals surface area contributed by atoms with Crippen molar-refractivity contribution < 1.29 is 19.4 Å². The van der Waals surface area contributed by atoms with Crippen LogP contribution in [0.3, 0.4) is 0 Å². The number of nitrogens with zero attached hydrogens (tertiary/aromatic N) is 1. The van der Waals surface area contributed by atoms with Crippen molar-refractivity contribution in [3.63, 3.8) is 0 Å². The van der Waals surface area contributed by atoms with E-state index in [9.17, 15) is 14.7 Å². The van der Waals surface area contributed by atoms with Gasteiger partial charge in [0.25, 0.3) is 0 Å². The van der Waals surface area contributed by atoms with Crippen LogP contribution >= 0.6 is 0 Å². The largest absolute Gasteiger partial charge is 0.481 e. The zero-order chi connectivity index (χ0) is 17.2. The molecule has 0 aromatic heterocycles. The van der Waals surface area contributed by atoms with E-state index in [1.807, 2.05) is 30.3 Å². The summed E-state index contributed by atoms with van der Waals surface area (Å²) in [6, 6.07) is 9.41. The van der Waals surface area contributed by atoms with E-state index in [1.165, 1.54) is 0 Å². The maximum absolute atomic E-state index is 12.0. The number of hydrogen-bond acceptors (Lipinski definition) is 4. The lowest BCUT2D eigenvalue weighted by molar-refractivity contribution is -0.144. The van der Waals surface area contributed by atoms with Gasteiger partial charge in [-0.05, 0) is 24.9 Å². The van der Waals surface area contributed by atoms with Gasteiger partial charge in [-0.15, -0.1) is 0 Å². The highest BCUT2D eigenvalue weighted by molar-refractivity contribution is 5.82. The minimum Gasteiger partial charge on any atom is -0.481 e. The lowest BCUT2D eigenvalue weighted by atomic mass is 9.96. The number of carboxylic acids is 1. The number of amides is 1. The van der Waals surface area contributed by atoms with Crippen molar-refractivity contribution in [3.8, 4) is 0 Å². The topological polar surface area (TPSA) is 78.9 Å². The standard InChI is InChI=1S/C18H26N2O4/c21-17(19-7-4-8-20-9-11-24-12-10-20)14-16(18(22)23)13-15-5-2-1-3-6-15/h1-3,5-6,16H,4,7-14H2,(H,19,21)(H,22,23)/t16-/m1/s1. The summed E-state index contributed by atoms with van der Waals surface area (Å²) >= 11 is 0. The second kappa shape index (κ2) is 10.1. The van der Waals surface area contributed by atoms with E-state index in [2.05, 4.69) is 10.2 Å². The quantitative estimate of drug-likeness (QED) is 0.663. The maximum Gasteiger partial charge on any atom is 0.307 e. The second-order valence-electron chi connectivity index (χ2n) is 6.09. The Kier molecular flexibility index (Phi) is 7.71. The first-order valence-electron chi connectivity index (χ1n) is 8.48. The van der Waals surface area contributed by atoms with Crippen molar-refractivity contribution in [2.75, 3.05) is 39.4 Å². The third kappa shape index (κ3) is 6.68. The van der Waals surface area contributed by atoms with Gasteiger partial charge in [-0.25, -0.2) is 0 Å². The van der Waals surface area contributed by atoms with E-state index in [4.69, 9.17) is 4.74 Å². The molecule has 1 amide bonds. The summed E-state index contributed by atoms with van der Waals surface area (Å²) in [7, 11) is 0. The number of morpholine rings is 1. The van der Waals surface area contributed by atoms with Crippen molar-refractivity contribution in [2.24, 2.45) is 5.92 Å². The molecule has 1 heterocycles. The molecule has 132 valence electrons. The van der Waals surface area contributed by atoms with Crippen molar-refractivity contribution >= 4 is 11.9 Å². The highest BCUT2D eigenvalue weighted by Crippen LogP contribution is 2.12. The first kappa shape index (κ1) is 18.4. The van der Waals surface area contributed by atoms with Crippen molar-refractivity contribution in [2.45, 2.75) is 19.3 Å². The molecule has 1 aliphatic rings. The van der Waals surface area contributed by atoms with Crippen LogP contribution in [0.15, 0.2) is 30.3 Å². The first-order valence-corrected chi connectivity index (χ1v) is 8.48. The third-order valence-electron chi connectivity index (χ3n) is 4.18. The fourth-order valence-electron chi connectivity index (χ4n) is 2.80. The Morgan fingerprint density at radius 1 is 1.21 bits per heavy atom. The van der Waals surface area contributed by atoms with Crippen LogP contribution in [-0.2, 0) is 20.7 Å². The molecule has 1 aliphatic heterocycles. The molecule has 1 atom stereocenters. The van der Waals surface area contributed by atoms with Gasteiger partial charge in [0.2, 0.25) is 5.91 Å². The fraction of sp³-hybridized carbons (Fsp3) is 0.556. The molecule has 6 nitrogen and oxygen atoms in total. The Balaban J connectivity index is 1.67. The van der Waals surface area contributed by atoms with Crippen LogP contribution in [0.2, 0.25) is 0 Å². The average molecular weight is 334 g/mol. The predicted octanol–water partition coefficient (Wildman–Crippen LogP) is 1.16. The molecule has 0 spiro atoms. The number of aliphatic carboxylic acids is 1. The van der Waals surface area contributed by atoms with E-state index >= 15 is 0 Å². The summed E-state index contributed by atoms with van der Waals surface area (Å²) in [5.41, 5.74) is 0.935. The molecule has 24 heavy (non-hydrogen) atoms. The summed E-state index contributed by atoms with van der Waals surface area (Å²) in [4.78, 5) is 25.7. The van der Waals surface area contributed by atoms with E-state index < -0.39 is 11.9 Å². The number of carbonyl (C=O) groups is 2. The molecule has 0 unspecified atom stereocenters. The van der Waals surface area contributed by atoms with Gasteiger partial charge in [0.15, 0.2) is 0 Å². The predicted molar refractivity (Wildman–Crippen MR) is 90.8 cm³/mol. The molecular formula is C18H26N2O4. The van der Waals surface area contributed by atoms with Gasteiger partial charge in [0.1, 0.15) is 0 Å². The number of carboxylic acid groups (broad SMARTS) is 1. The van der Waals surface area contributed by atoms with Gasteiger partial charge < -0.3 is 15.2 Å². The minimum absolute atomic E-state index is 0.0157. The van der Waals surface area contributed by atoms with Crippen LogP contribution in [0.5, 0.6) is 0 Å². The van der Waals surface area contributed by atoms with Crippen LogP contribution in [0, 0.1) is 5.92 Å². The van der Waals surface area contributed by atoms with Gasteiger partial charge in [0, 0.05) is 26.1 Å². The van der Waals surface area contributed by atoms with Gasteiger partial charge in [-0.1, -0.05) is 30.3 Å². The zero-order valence-electron chi connectivity index (χ0n) is 13.9. The Morgan fingerprint density at radius 3 is 2.58 bits per heavy atom. The number of rotatable bonds is 9. The molecule has 1 saturated heterocycles. The van der Waals surface area contributed by atoms with E-state index in [0.717, 1.165) is 44.8 Å². The van der Waals surface area contributed by atoms with Gasteiger partial charge >= 0.3 is 5.97 Å². The van der Waals surface area contributed by atoms with Crippen molar-refractivity contribution in [1.29, 1.82) is 0 Å². The molecular weight excluding hydrogens is 308 g/mol. The molecule has 6 heteroatoms. The molecule has 2 rings (SSSR count). The summed E-state index contributed by atoms with van der Waals surface area (Å²) in [6.07, 6.45) is 1.25. The van der Waals surface area contributed by atoms with Crippen molar-refractivity contribution in [3.05, 3.63) is 35.9 Å². The van der Waals surface area contributed by atoms with Crippen LogP contribution in [0.4, 0.5) is 0 Å². The van der Waals surface area contributed by atoms with Gasteiger partial charge in [0.05, 0.1) is 19.1 Å².